The number of sulfone groups is 1. The number of nitrogens with zero attached hydrogens (tertiary/aromatic N) is 4. The number of oxime groups is 1. The van der Waals surface area contributed by atoms with E-state index in [1.54, 1.807) is 25.3 Å². The minimum absolute atomic E-state index is 0.0102. The zero-order chi connectivity index (χ0) is 29.0. The van der Waals surface area contributed by atoms with Gasteiger partial charge >= 0.3 is 0 Å². The molecule has 0 radical (unpaired) electrons. The number of amides is 2. The molecule has 0 spiro atoms. The molecule has 2 amide bonds. The van der Waals surface area contributed by atoms with Crippen molar-refractivity contribution in [3.8, 4) is 0 Å². The topological polar surface area (TPSA) is 140 Å². The summed E-state index contributed by atoms with van der Waals surface area (Å²) in [6, 6.07) is 6.22. The molecule has 5 rings (SSSR count). The average molecular weight is 606 g/mol. The van der Waals surface area contributed by atoms with Gasteiger partial charge in [0.2, 0.25) is 5.91 Å². The van der Waals surface area contributed by atoms with Crippen molar-refractivity contribution in [1.29, 1.82) is 0 Å². The van der Waals surface area contributed by atoms with Crippen molar-refractivity contribution in [2.75, 3.05) is 51.4 Å². The van der Waals surface area contributed by atoms with Gasteiger partial charge in [-0.2, -0.15) is 0 Å². The summed E-state index contributed by atoms with van der Waals surface area (Å²) in [5.41, 5.74) is 0.424. The molecular formula is C27H35N5O7S2. The van der Waals surface area contributed by atoms with Crippen LogP contribution in [-0.2, 0) is 40.3 Å². The minimum atomic E-state index is -3.54. The van der Waals surface area contributed by atoms with Gasteiger partial charge in [0, 0.05) is 68.8 Å². The summed E-state index contributed by atoms with van der Waals surface area (Å²) in [6.45, 7) is 8.05. The first-order valence-corrected chi connectivity index (χ1v) is 16.1. The highest BCUT2D eigenvalue weighted by atomic mass is 32.2. The van der Waals surface area contributed by atoms with Gasteiger partial charge in [-0.1, -0.05) is 17.3 Å². The van der Waals surface area contributed by atoms with Gasteiger partial charge in [-0.15, -0.1) is 11.3 Å². The third-order valence-electron chi connectivity index (χ3n) is 7.45. The van der Waals surface area contributed by atoms with E-state index in [4.69, 9.17) is 14.3 Å². The quantitative estimate of drug-likeness (QED) is 0.335. The van der Waals surface area contributed by atoms with Gasteiger partial charge in [-0.05, 0) is 25.5 Å². The number of anilines is 1. The zero-order valence-electron chi connectivity index (χ0n) is 23.2. The van der Waals surface area contributed by atoms with Crippen molar-refractivity contribution in [3.63, 3.8) is 0 Å². The lowest BCUT2D eigenvalue weighted by atomic mass is 10.1. The van der Waals surface area contributed by atoms with Gasteiger partial charge in [0.25, 0.3) is 5.91 Å². The Balaban J connectivity index is 1.27. The second-order valence-electron chi connectivity index (χ2n) is 10.5. The van der Waals surface area contributed by atoms with Crippen molar-refractivity contribution < 1.29 is 32.3 Å². The Kier molecular flexibility index (Phi) is 9.34. The maximum absolute atomic E-state index is 13.4. The van der Waals surface area contributed by atoms with Crippen LogP contribution in [0.2, 0.25) is 0 Å². The van der Waals surface area contributed by atoms with Crippen LogP contribution in [0.3, 0.4) is 0 Å². The monoisotopic (exact) mass is 605 g/mol. The van der Waals surface area contributed by atoms with Crippen LogP contribution >= 0.6 is 11.3 Å². The van der Waals surface area contributed by atoms with Gasteiger partial charge in [0.15, 0.2) is 26.8 Å². The lowest BCUT2D eigenvalue weighted by molar-refractivity contribution is -0.133. The Labute approximate surface area is 243 Å². The van der Waals surface area contributed by atoms with Gasteiger partial charge in [0.05, 0.1) is 30.0 Å². The summed E-state index contributed by atoms with van der Waals surface area (Å²) in [5.74, 6) is -0.435. The predicted octanol–water partition coefficient (Wildman–Crippen LogP) is 1.91. The molecule has 0 saturated carbocycles. The molecule has 12 nitrogen and oxygen atoms in total. The van der Waals surface area contributed by atoms with Gasteiger partial charge in [-0.3, -0.25) is 19.8 Å². The maximum atomic E-state index is 13.4. The van der Waals surface area contributed by atoms with Crippen LogP contribution in [0, 0.1) is 0 Å². The largest absolute Gasteiger partial charge is 0.389 e. The van der Waals surface area contributed by atoms with Crippen LogP contribution in [0.4, 0.5) is 5.13 Å². The summed E-state index contributed by atoms with van der Waals surface area (Å²) in [6.07, 6.45) is 2.59. The Morgan fingerprint density at radius 3 is 2.56 bits per heavy atom. The van der Waals surface area contributed by atoms with Crippen LogP contribution in [0.15, 0.2) is 40.5 Å². The van der Waals surface area contributed by atoms with Crippen LogP contribution in [-0.4, -0.2) is 104 Å². The number of ether oxygens (including phenoxy) is 2. The molecule has 3 fully saturated rings. The van der Waals surface area contributed by atoms with Crippen molar-refractivity contribution in [2.24, 2.45) is 5.16 Å². The number of rotatable bonds is 9. The van der Waals surface area contributed by atoms with Gasteiger partial charge in [0.1, 0.15) is 0 Å². The first-order valence-electron chi connectivity index (χ1n) is 13.7. The Hall–Kier alpha value is -2.91. The number of hydrogen-bond donors (Lipinski definition) is 1. The molecule has 4 heterocycles. The van der Waals surface area contributed by atoms with Crippen LogP contribution < -0.4 is 5.32 Å². The molecule has 1 aromatic heterocycles. The number of benzene rings is 1. The molecule has 0 bridgehead atoms. The molecule has 1 aromatic carbocycles. The number of nitrogens with one attached hydrogen (secondary N) is 1. The fraction of sp³-hybridized carbons (Fsp3) is 0.556. The summed E-state index contributed by atoms with van der Waals surface area (Å²) < 4.78 is 36.5. The van der Waals surface area contributed by atoms with Crippen LogP contribution in [0.5, 0.6) is 0 Å². The number of carbonyl (C=O) groups is 2. The number of aromatic nitrogens is 1. The second-order valence-corrected chi connectivity index (χ2v) is 13.8. The minimum Gasteiger partial charge on any atom is -0.389 e. The standard InChI is InChI=1S/C27H35N5O7S2/c1-18-14-31(9-10-32(18)19(2)33)15-22-13-28-27(40-22)29-26(34)25(30-39-21-7-11-37-16-21)20-3-5-23(6-4-20)41(35,36)24-8-12-38-17-24/h3-6,13,18,21,24H,7-12,14-17H2,1-2H3,(H,28,29,34)/b30-25+/t18-,21-,24+/m1/s1. The lowest BCUT2D eigenvalue weighted by Crippen LogP contribution is -2.52. The summed E-state index contributed by atoms with van der Waals surface area (Å²) in [5, 5.41) is 6.82. The van der Waals surface area contributed by atoms with Crippen molar-refractivity contribution in [1.82, 2.24) is 14.8 Å². The van der Waals surface area contributed by atoms with E-state index in [0.29, 0.717) is 56.4 Å². The SMILES string of the molecule is CC(=O)N1CCN(Cc2cnc(NC(=O)/C(=N/O[C@@H]3CCOC3)c3ccc(S(=O)(=O)[C@H]4CCOC4)cc3)s2)C[C@H]1C. The summed E-state index contributed by atoms with van der Waals surface area (Å²) >= 11 is 1.37. The highest BCUT2D eigenvalue weighted by Gasteiger charge is 2.31. The van der Waals surface area contributed by atoms with E-state index >= 15 is 0 Å². The molecule has 41 heavy (non-hydrogen) atoms. The summed E-state index contributed by atoms with van der Waals surface area (Å²) in [7, 11) is -3.54. The number of thiazole rings is 1. The van der Waals surface area contributed by atoms with E-state index in [0.717, 1.165) is 18.0 Å². The molecule has 222 valence electrons. The fourth-order valence-corrected chi connectivity index (χ4v) is 7.59. The molecule has 3 atom stereocenters. The first kappa shape index (κ1) is 29.6. The van der Waals surface area contributed by atoms with E-state index in [1.165, 1.54) is 23.5 Å². The molecule has 3 aliphatic heterocycles. The Morgan fingerprint density at radius 1 is 1.15 bits per heavy atom. The first-order chi connectivity index (χ1) is 19.7. The fourth-order valence-electron chi connectivity index (χ4n) is 5.16. The van der Waals surface area contributed by atoms with E-state index in [2.05, 4.69) is 20.4 Å². The Morgan fingerprint density at radius 2 is 1.90 bits per heavy atom. The van der Waals surface area contributed by atoms with E-state index in [1.807, 2.05) is 11.8 Å². The average Bonchev–Trinajstić information content (AvgIpc) is 3.73. The highest BCUT2D eigenvalue weighted by molar-refractivity contribution is 7.92. The van der Waals surface area contributed by atoms with Crippen LogP contribution in [0.1, 0.15) is 37.1 Å². The normalized spacial score (nSPS) is 24.0. The highest BCUT2D eigenvalue weighted by Crippen LogP contribution is 2.25. The van der Waals surface area contributed by atoms with Gasteiger partial charge in [-0.25, -0.2) is 13.4 Å². The molecule has 0 unspecified atom stereocenters. The smallest absolute Gasteiger partial charge is 0.280 e. The second kappa shape index (κ2) is 12.9. The van der Waals surface area contributed by atoms with E-state index in [9.17, 15) is 18.0 Å². The third kappa shape index (κ3) is 7.12. The predicted molar refractivity (Wildman–Crippen MR) is 153 cm³/mol. The number of hydrogen-bond acceptors (Lipinski definition) is 11. The Bertz CT molecular complexity index is 1370. The molecule has 3 aliphatic rings. The van der Waals surface area contributed by atoms with Crippen molar-refractivity contribution in [3.05, 3.63) is 40.9 Å². The zero-order valence-corrected chi connectivity index (χ0v) is 24.8. The molecular weight excluding hydrogens is 570 g/mol. The van der Waals surface area contributed by atoms with E-state index < -0.39 is 21.0 Å². The molecule has 1 N–H and O–H groups in total. The number of carbonyl (C=O) groups excluding carboxylic acids is 2. The summed E-state index contributed by atoms with van der Waals surface area (Å²) in [4.78, 5) is 40.4. The maximum Gasteiger partial charge on any atom is 0.280 e. The molecule has 0 aliphatic carbocycles. The van der Waals surface area contributed by atoms with Crippen LogP contribution in [0.25, 0.3) is 0 Å². The molecule has 3 saturated heterocycles. The lowest BCUT2D eigenvalue weighted by Gasteiger charge is -2.39. The van der Waals surface area contributed by atoms with Crippen molar-refractivity contribution >= 4 is 43.8 Å². The molecule has 14 heteroatoms. The third-order valence-corrected chi connectivity index (χ3v) is 10.5. The van der Waals surface area contributed by atoms with Gasteiger partial charge < -0.3 is 19.2 Å². The number of piperazine rings is 1. The van der Waals surface area contributed by atoms with Crippen molar-refractivity contribution in [2.45, 2.75) is 55.5 Å². The van der Waals surface area contributed by atoms with E-state index in [-0.39, 0.29) is 35.3 Å². The molecule has 2 aromatic rings.